The maximum absolute atomic E-state index is 13.5. The van der Waals surface area contributed by atoms with E-state index in [1.54, 1.807) is 42.6 Å². The molecular formula is C34H28ClN5O3. The number of halogens is 1. The third kappa shape index (κ3) is 6.45. The fourth-order valence-corrected chi connectivity index (χ4v) is 4.96. The molecule has 2 heterocycles. The van der Waals surface area contributed by atoms with E-state index in [-0.39, 0.29) is 11.8 Å². The van der Waals surface area contributed by atoms with E-state index >= 15 is 0 Å². The summed E-state index contributed by atoms with van der Waals surface area (Å²) >= 11 is 6.05. The first-order chi connectivity index (χ1) is 20.9. The van der Waals surface area contributed by atoms with Crippen molar-refractivity contribution < 1.29 is 14.3 Å². The van der Waals surface area contributed by atoms with Crippen LogP contribution in [0.25, 0.3) is 0 Å². The molecule has 2 amide bonds. The molecule has 0 atom stereocenters. The summed E-state index contributed by atoms with van der Waals surface area (Å²) in [6, 6.07) is 29.9. The largest absolute Gasteiger partial charge is 0.489 e. The van der Waals surface area contributed by atoms with E-state index in [1.807, 2.05) is 67.6 Å². The van der Waals surface area contributed by atoms with Crippen LogP contribution in [0.3, 0.4) is 0 Å². The quantitative estimate of drug-likeness (QED) is 0.148. The molecule has 0 saturated carbocycles. The van der Waals surface area contributed by atoms with Gasteiger partial charge in [-0.25, -0.2) is 4.98 Å². The number of hydrogen-bond acceptors (Lipinski definition) is 6. The van der Waals surface area contributed by atoms with E-state index in [4.69, 9.17) is 16.3 Å². The van der Waals surface area contributed by atoms with Crippen LogP contribution in [-0.2, 0) is 13.2 Å². The van der Waals surface area contributed by atoms with Crippen LogP contribution in [-0.4, -0.2) is 16.8 Å². The van der Waals surface area contributed by atoms with E-state index in [2.05, 4.69) is 26.3 Å². The number of nitrogens with one attached hydrogen (secondary N) is 4. The predicted octanol–water partition coefficient (Wildman–Crippen LogP) is 7.61. The molecule has 1 aliphatic rings. The first-order valence-electron chi connectivity index (χ1n) is 13.7. The average Bonchev–Trinajstić information content (AvgIpc) is 3.16. The number of pyridine rings is 1. The smallest absolute Gasteiger partial charge is 0.261 e. The van der Waals surface area contributed by atoms with Crippen molar-refractivity contribution in [1.82, 2.24) is 10.3 Å². The average molecular weight is 590 g/mol. The maximum atomic E-state index is 13.5. The molecular weight excluding hydrogens is 562 g/mol. The van der Waals surface area contributed by atoms with Crippen LogP contribution in [0.15, 0.2) is 103 Å². The summed E-state index contributed by atoms with van der Waals surface area (Å²) in [7, 11) is 0. The number of amides is 2. The number of hydrogen-bond donors (Lipinski definition) is 4. The standard InChI is InChI=1S/C34H28ClN5O3/c1-21-10-12-26(43-20-22-6-3-2-4-7-22)18-29(21)38-28-14-15-36-32-31(28)34(42)40-30-17-24(11-13-27(30)39-32)33(41)37-19-23-8-5-9-25(35)16-23/h2-18H,19-20H2,1H3,(H,37,41)(H,40,42)(H2,36,38,39). The van der Waals surface area contributed by atoms with Crippen molar-refractivity contribution in [3.8, 4) is 5.75 Å². The van der Waals surface area contributed by atoms with Gasteiger partial charge < -0.3 is 26.0 Å². The van der Waals surface area contributed by atoms with Crippen molar-refractivity contribution in [3.05, 3.63) is 136 Å². The summed E-state index contributed by atoms with van der Waals surface area (Å²) in [4.78, 5) is 30.9. The lowest BCUT2D eigenvalue weighted by molar-refractivity contribution is 0.0949. The number of nitrogens with zero attached hydrogens (tertiary/aromatic N) is 1. The topological polar surface area (TPSA) is 104 Å². The van der Waals surface area contributed by atoms with Gasteiger partial charge in [-0.05, 0) is 66.1 Å². The van der Waals surface area contributed by atoms with Gasteiger partial charge in [-0.2, -0.15) is 0 Å². The highest BCUT2D eigenvalue weighted by Crippen LogP contribution is 2.36. The number of anilines is 5. The molecule has 0 radical (unpaired) electrons. The third-order valence-corrected chi connectivity index (χ3v) is 7.26. The summed E-state index contributed by atoms with van der Waals surface area (Å²) < 4.78 is 6.02. The monoisotopic (exact) mass is 589 g/mol. The van der Waals surface area contributed by atoms with Gasteiger partial charge in [-0.3, -0.25) is 9.59 Å². The second kappa shape index (κ2) is 12.3. The molecule has 4 aromatic carbocycles. The Morgan fingerprint density at radius 1 is 0.860 bits per heavy atom. The van der Waals surface area contributed by atoms with Gasteiger partial charge in [-0.1, -0.05) is 60.1 Å². The van der Waals surface area contributed by atoms with Crippen LogP contribution in [0.1, 0.15) is 37.4 Å². The van der Waals surface area contributed by atoms with Crippen molar-refractivity contribution >= 4 is 52.0 Å². The molecule has 8 nitrogen and oxygen atoms in total. The fraction of sp³-hybridized carbons (Fsp3) is 0.0882. The Bertz CT molecular complexity index is 1830. The Balaban J connectivity index is 1.19. The highest BCUT2D eigenvalue weighted by Gasteiger charge is 2.24. The van der Waals surface area contributed by atoms with Crippen LogP contribution in [0.4, 0.5) is 28.6 Å². The van der Waals surface area contributed by atoms with Gasteiger partial charge in [0.15, 0.2) is 0 Å². The lowest BCUT2D eigenvalue weighted by atomic mass is 10.1. The fourth-order valence-electron chi connectivity index (χ4n) is 4.74. The van der Waals surface area contributed by atoms with Crippen LogP contribution >= 0.6 is 11.6 Å². The number of aryl methyl sites for hydroxylation is 1. The summed E-state index contributed by atoms with van der Waals surface area (Å²) in [6.45, 7) is 2.75. The van der Waals surface area contributed by atoms with Crippen molar-refractivity contribution in [2.24, 2.45) is 0 Å². The van der Waals surface area contributed by atoms with E-state index in [1.165, 1.54) is 0 Å². The first-order valence-corrected chi connectivity index (χ1v) is 14.1. The Morgan fingerprint density at radius 2 is 1.70 bits per heavy atom. The molecule has 0 spiro atoms. The number of carbonyl (C=O) groups is 2. The van der Waals surface area contributed by atoms with E-state index in [0.717, 1.165) is 22.4 Å². The van der Waals surface area contributed by atoms with Crippen LogP contribution < -0.4 is 26.0 Å². The Hall–Kier alpha value is -5.34. The van der Waals surface area contributed by atoms with Gasteiger partial charge in [0, 0.05) is 35.1 Å². The first kappa shape index (κ1) is 27.8. The zero-order valence-corrected chi connectivity index (χ0v) is 24.0. The molecule has 5 aromatic rings. The van der Waals surface area contributed by atoms with Crippen molar-refractivity contribution in [1.29, 1.82) is 0 Å². The summed E-state index contributed by atoms with van der Waals surface area (Å²) in [6.07, 6.45) is 1.63. The zero-order valence-electron chi connectivity index (χ0n) is 23.3. The second-order valence-electron chi connectivity index (χ2n) is 10.1. The second-order valence-corrected chi connectivity index (χ2v) is 10.5. The summed E-state index contributed by atoms with van der Waals surface area (Å²) in [5, 5.41) is 13.1. The molecule has 4 N–H and O–H groups in total. The summed E-state index contributed by atoms with van der Waals surface area (Å²) in [5.41, 5.74) is 6.15. The van der Waals surface area contributed by atoms with Gasteiger partial charge in [0.25, 0.3) is 11.8 Å². The third-order valence-electron chi connectivity index (χ3n) is 7.03. The van der Waals surface area contributed by atoms with Crippen molar-refractivity contribution in [2.45, 2.75) is 20.1 Å². The highest BCUT2D eigenvalue weighted by atomic mass is 35.5. The molecule has 214 valence electrons. The van der Waals surface area contributed by atoms with E-state index in [9.17, 15) is 9.59 Å². The molecule has 0 aliphatic carbocycles. The van der Waals surface area contributed by atoms with Crippen molar-refractivity contribution in [2.75, 3.05) is 16.0 Å². The molecule has 9 heteroatoms. The number of aromatic nitrogens is 1. The Labute approximate surface area is 254 Å². The van der Waals surface area contributed by atoms with Gasteiger partial charge in [-0.15, -0.1) is 0 Å². The highest BCUT2D eigenvalue weighted by molar-refractivity contribution is 6.30. The number of rotatable bonds is 8. The van der Waals surface area contributed by atoms with Crippen LogP contribution in [0.2, 0.25) is 5.02 Å². The van der Waals surface area contributed by atoms with Crippen LogP contribution in [0, 0.1) is 6.92 Å². The molecule has 0 bridgehead atoms. The lowest BCUT2D eigenvalue weighted by Crippen LogP contribution is -2.23. The molecule has 1 aliphatic heterocycles. The Morgan fingerprint density at radius 3 is 2.53 bits per heavy atom. The number of benzene rings is 4. The minimum absolute atomic E-state index is 0.274. The Kier molecular flexibility index (Phi) is 7.93. The number of ether oxygens (including phenoxy) is 1. The minimum atomic E-state index is -0.359. The zero-order chi connectivity index (χ0) is 29.8. The van der Waals surface area contributed by atoms with E-state index < -0.39 is 0 Å². The SMILES string of the molecule is Cc1ccc(OCc2ccccc2)cc1Nc1ccnc2c1C(=O)Nc1cc(C(=O)NCc3cccc(Cl)c3)ccc1N2. The van der Waals surface area contributed by atoms with Crippen LogP contribution in [0.5, 0.6) is 5.75 Å². The number of fused-ring (bicyclic) bond motifs is 2. The van der Waals surface area contributed by atoms with E-state index in [0.29, 0.717) is 57.9 Å². The molecule has 1 aromatic heterocycles. The molecule has 0 saturated heterocycles. The van der Waals surface area contributed by atoms with Gasteiger partial charge in [0.2, 0.25) is 0 Å². The van der Waals surface area contributed by atoms with Gasteiger partial charge >= 0.3 is 0 Å². The minimum Gasteiger partial charge on any atom is -0.489 e. The number of carbonyl (C=O) groups excluding carboxylic acids is 2. The normalized spacial score (nSPS) is 11.7. The molecule has 43 heavy (non-hydrogen) atoms. The van der Waals surface area contributed by atoms with Gasteiger partial charge in [0.05, 0.1) is 17.1 Å². The molecule has 0 fully saturated rings. The predicted molar refractivity (Wildman–Crippen MR) is 170 cm³/mol. The molecule has 0 unspecified atom stereocenters. The summed E-state index contributed by atoms with van der Waals surface area (Å²) in [5.74, 6) is 0.466. The van der Waals surface area contributed by atoms with Gasteiger partial charge in [0.1, 0.15) is 23.7 Å². The van der Waals surface area contributed by atoms with Crippen molar-refractivity contribution in [3.63, 3.8) is 0 Å². The molecule has 6 rings (SSSR count). The lowest BCUT2D eigenvalue weighted by Gasteiger charge is -2.16. The maximum Gasteiger partial charge on any atom is 0.261 e.